The van der Waals surface area contributed by atoms with Gasteiger partial charge in [0.2, 0.25) is 5.91 Å². The number of imidazole rings is 1. The van der Waals surface area contributed by atoms with Crippen molar-refractivity contribution >= 4 is 15.7 Å². The Kier molecular flexibility index (Phi) is 5.32. The number of hydrogen-bond donors (Lipinski definition) is 1. The molecule has 0 saturated heterocycles. The third-order valence-corrected chi connectivity index (χ3v) is 4.89. The number of amides is 1. The van der Waals surface area contributed by atoms with Crippen molar-refractivity contribution in [2.24, 2.45) is 0 Å². The van der Waals surface area contributed by atoms with Gasteiger partial charge in [-0.1, -0.05) is 30.3 Å². The Morgan fingerprint density at radius 2 is 2.05 bits per heavy atom. The number of hydrogen-bond acceptors (Lipinski definition) is 4. The van der Waals surface area contributed by atoms with Gasteiger partial charge >= 0.3 is 0 Å². The Hall–Kier alpha value is -2.15. The van der Waals surface area contributed by atoms with Gasteiger partial charge in [-0.2, -0.15) is 0 Å². The first-order chi connectivity index (χ1) is 10.5. The summed E-state index contributed by atoms with van der Waals surface area (Å²) in [5.41, 5.74) is 0.751. The molecular formula is C15H19N3O3S. The van der Waals surface area contributed by atoms with E-state index in [4.69, 9.17) is 0 Å². The summed E-state index contributed by atoms with van der Waals surface area (Å²) in [6, 6.07) is 8.58. The Balaban J connectivity index is 1.81. The summed E-state index contributed by atoms with van der Waals surface area (Å²) in [4.78, 5) is 15.8. The van der Waals surface area contributed by atoms with E-state index in [0.717, 1.165) is 5.56 Å². The van der Waals surface area contributed by atoms with E-state index in [1.54, 1.807) is 54.5 Å². The smallest absolute Gasteiger partial charge is 0.242 e. The fourth-order valence-electron chi connectivity index (χ4n) is 2.01. The summed E-state index contributed by atoms with van der Waals surface area (Å²) in [5.74, 6) is -0.321. The lowest BCUT2D eigenvalue weighted by Crippen LogP contribution is -2.34. The number of nitrogens with one attached hydrogen (secondary N) is 1. The maximum atomic E-state index is 12.0. The first-order valence-electron chi connectivity index (χ1n) is 6.97. The van der Waals surface area contributed by atoms with Crippen LogP contribution in [0.2, 0.25) is 0 Å². The fourth-order valence-corrected chi connectivity index (χ4v) is 3.27. The van der Waals surface area contributed by atoms with E-state index in [1.165, 1.54) is 0 Å². The molecule has 1 heterocycles. The van der Waals surface area contributed by atoms with Crippen LogP contribution < -0.4 is 5.32 Å². The first kappa shape index (κ1) is 16.2. The van der Waals surface area contributed by atoms with Gasteiger partial charge < -0.3 is 9.88 Å². The van der Waals surface area contributed by atoms with Crippen LogP contribution in [0.3, 0.4) is 0 Å². The number of benzene rings is 1. The molecule has 0 fully saturated rings. The van der Waals surface area contributed by atoms with Crippen molar-refractivity contribution in [2.75, 3.05) is 12.3 Å². The van der Waals surface area contributed by atoms with Crippen molar-refractivity contribution in [2.45, 2.75) is 18.7 Å². The van der Waals surface area contributed by atoms with Crippen LogP contribution in [-0.4, -0.2) is 36.2 Å². The summed E-state index contributed by atoms with van der Waals surface area (Å²) in [6.07, 6.45) is 4.83. The Labute approximate surface area is 130 Å². The highest BCUT2D eigenvalue weighted by molar-refractivity contribution is 7.90. The van der Waals surface area contributed by atoms with Crippen LogP contribution in [0.15, 0.2) is 49.1 Å². The Morgan fingerprint density at radius 3 is 2.68 bits per heavy atom. The molecule has 0 aliphatic rings. The van der Waals surface area contributed by atoms with Gasteiger partial charge in [0.15, 0.2) is 9.84 Å². The van der Waals surface area contributed by atoms with Gasteiger partial charge in [-0.25, -0.2) is 13.4 Å². The molecule has 6 nitrogen and oxygen atoms in total. The first-order valence-corrected chi connectivity index (χ1v) is 8.79. The quantitative estimate of drug-likeness (QED) is 0.830. The van der Waals surface area contributed by atoms with Gasteiger partial charge in [0.05, 0.1) is 17.8 Å². The van der Waals surface area contributed by atoms with Crippen LogP contribution in [0, 0.1) is 0 Å². The highest BCUT2D eigenvalue weighted by Crippen LogP contribution is 2.06. The van der Waals surface area contributed by atoms with E-state index in [0.29, 0.717) is 0 Å². The zero-order chi connectivity index (χ0) is 16.0. The molecular weight excluding hydrogens is 302 g/mol. The normalized spacial score (nSPS) is 12.8. The molecule has 118 valence electrons. The molecule has 0 unspecified atom stereocenters. The van der Waals surface area contributed by atoms with Crippen molar-refractivity contribution in [1.29, 1.82) is 0 Å². The number of sulfone groups is 1. The average molecular weight is 321 g/mol. The van der Waals surface area contributed by atoms with Crippen LogP contribution in [0.1, 0.15) is 18.5 Å². The number of nitrogens with zero attached hydrogens (tertiary/aromatic N) is 2. The van der Waals surface area contributed by atoms with Crippen LogP contribution in [0.5, 0.6) is 0 Å². The number of aromatic nitrogens is 2. The number of carbonyl (C=O) groups excluding carboxylic acids is 1. The summed E-state index contributed by atoms with van der Waals surface area (Å²) in [5, 5.41) is 2.65. The van der Waals surface area contributed by atoms with Crippen molar-refractivity contribution in [3.8, 4) is 0 Å². The van der Waals surface area contributed by atoms with E-state index in [-0.39, 0.29) is 24.0 Å². The van der Waals surface area contributed by atoms with Gasteiger partial charge in [0.1, 0.15) is 6.04 Å². The molecule has 1 aromatic heterocycles. The third-order valence-electron chi connectivity index (χ3n) is 3.29. The molecule has 1 N–H and O–H groups in total. The second-order valence-corrected chi connectivity index (χ2v) is 7.24. The molecule has 1 aromatic carbocycles. The van der Waals surface area contributed by atoms with Crippen molar-refractivity contribution in [3.05, 3.63) is 54.6 Å². The lowest BCUT2D eigenvalue weighted by Gasteiger charge is -2.13. The second kappa shape index (κ2) is 7.22. The van der Waals surface area contributed by atoms with E-state index in [1.807, 2.05) is 6.07 Å². The molecule has 2 aromatic rings. The molecule has 0 aliphatic carbocycles. The largest absolute Gasteiger partial charge is 0.353 e. The number of rotatable bonds is 7. The van der Waals surface area contributed by atoms with Crippen LogP contribution in [-0.2, 0) is 20.4 Å². The van der Waals surface area contributed by atoms with E-state index >= 15 is 0 Å². The monoisotopic (exact) mass is 321 g/mol. The van der Waals surface area contributed by atoms with Gasteiger partial charge in [0, 0.05) is 18.9 Å². The second-order valence-electron chi connectivity index (χ2n) is 5.05. The third kappa shape index (κ3) is 4.70. The molecule has 7 heteroatoms. The van der Waals surface area contributed by atoms with Gasteiger partial charge in [-0.3, -0.25) is 4.79 Å². The van der Waals surface area contributed by atoms with Gasteiger partial charge in [-0.15, -0.1) is 0 Å². The van der Waals surface area contributed by atoms with Crippen molar-refractivity contribution in [1.82, 2.24) is 14.9 Å². The Bertz CT molecular complexity index is 697. The minimum Gasteiger partial charge on any atom is -0.353 e. The predicted molar refractivity (Wildman–Crippen MR) is 83.9 cm³/mol. The average Bonchev–Trinajstić information content (AvgIpc) is 3.00. The standard InChI is InChI=1S/C15H19N3O3S/c1-13(18-9-7-16-12-18)15(19)17-8-10-22(20,21)11-14-5-3-2-4-6-14/h2-7,9,12-13H,8,10-11H2,1H3,(H,17,19)/t13-/m1/s1. The molecule has 0 aliphatic heterocycles. The zero-order valence-electron chi connectivity index (χ0n) is 12.3. The van der Waals surface area contributed by atoms with Crippen molar-refractivity contribution < 1.29 is 13.2 Å². The van der Waals surface area contributed by atoms with Gasteiger partial charge in [-0.05, 0) is 12.5 Å². The van der Waals surface area contributed by atoms with E-state index in [2.05, 4.69) is 10.3 Å². The van der Waals surface area contributed by atoms with Crippen LogP contribution in [0.25, 0.3) is 0 Å². The lowest BCUT2D eigenvalue weighted by molar-refractivity contribution is -0.123. The number of carbonyl (C=O) groups is 1. The molecule has 1 atom stereocenters. The minimum atomic E-state index is -3.24. The molecule has 0 saturated carbocycles. The maximum absolute atomic E-state index is 12.0. The molecule has 1 amide bonds. The summed E-state index contributed by atoms with van der Waals surface area (Å²) >= 11 is 0. The zero-order valence-corrected chi connectivity index (χ0v) is 13.2. The molecule has 0 spiro atoms. The molecule has 0 radical (unpaired) electrons. The van der Waals surface area contributed by atoms with Crippen molar-refractivity contribution in [3.63, 3.8) is 0 Å². The summed E-state index contributed by atoms with van der Waals surface area (Å²) < 4.78 is 25.7. The van der Waals surface area contributed by atoms with Crippen LogP contribution >= 0.6 is 0 Å². The Morgan fingerprint density at radius 1 is 1.32 bits per heavy atom. The van der Waals surface area contributed by atoms with Crippen LogP contribution in [0.4, 0.5) is 0 Å². The predicted octanol–water partition coefficient (Wildman–Crippen LogP) is 1.18. The molecule has 22 heavy (non-hydrogen) atoms. The maximum Gasteiger partial charge on any atom is 0.242 e. The minimum absolute atomic E-state index is 0.0131. The highest BCUT2D eigenvalue weighted by atomic mass is 32.2. The van der Waals surface area contributed by atoms with E-state index < -0.39 is 15.9 Å². The lowest BCUT2D eigenvalue weighted by atomic mass is 10.2. The van der Waals surface area contributed by atoms with Gasteiger partial charge in [0.25, 0.3) is 0 Å². The molecule has 0 bridgehead atoms. The summed E-state index contributed by atoms with van der Waals surface area (Å²) in [6.45, 7) is 1.84. The SMILES string of the molecule is C[C@H](C(=O)NCCS(=O)(=O)Cc1ccccc1)n1ccnc1. The highest BCUT2D eigenvalue weighted by Gasteiger charge is 2.16. The molecule has 2 rings (SSSR count). The van der Waals surface area contributed by atoms with E-state index in [9.17, 15) is 13.2 Å². The summed E-state index contributed by atoms with van der Waals surface area (Å²) in [7, 11) is -3.24. The topological polar surface area (TPSA) is 81.1 Å². The fraction of sp³-hybridized carbons (Fsp3) is 0.333.